The Labute approximate surface area is 126 Å². The van der Waals surface area contributed by atoms with Crippen LogP contribution in [0.3, 0.4) is 0 Å². The minimum Gasteiger partial charge on any atom is -0.350 e. The van der Waals surface area contributed by atoms with Crippen molar-refractivity contribution in [2.45, 2.75) is 26.3 Å². The fourth-order valence-electron chi connectivity index (χ4n) is 1.61. The lowest BCUT2D eigenvalue weighted by Gasteiger charge is -2.23. The van der Waals surface area contributed by atoms with Crippen molar-refractivity contribution in [2.24, 2.45) is 0 Å². The van der Waals surface area contributed by atoms with Crippen molar-refractivity contribution < 1.29 is 14.0 Å². The average Bonchev–Trinajstić information content (AvgIpc) is 2.28. The molecular formula is C14H18BrFN2O2. The first kappa shape index (κ1) is 16.6. The van der Waals surface area contributed by atoms with Gasteiger partial charge in [-0.25, -0.2) is 4.39 Å². The number of halogens is 2. The molecule has 4 nitrogen and oxygen atoms in total. The number of likely N-dealkylation sites (N-methyl/N-ethyl adjacent to an activating group) is 1. The van der Waals surface area contributed by atoms with E-state index < -0.39 is 11.7 Å². The van der Waals surface area contributed by atoms with E-state index >= 15 is 0 Å². The number of rotatable bonds is 3. The van der Waals surface area contributed by atoms with E-state index in [0.717, 1.165) is 0 Å². The summed E-state index contributed by atoms with van der Waals surface area (Å²) in [7, 11) is 1.46. The van der Waals surface area contributed by atoms with Crippen LogP contribution in [0.1, 0.15) is 31.1 Å². The third-order valence-corrected chi connectivity index (χ3v) is 2.89. The van der Waals surface area contributed by atoms with E-state index in [1.807, 2.05) is 20.8 Å². The van der Waals surface area contributed by atoms with E-state index in [2.05, 4.69) is 21.2 Å². The summed E-state index contributed by atoms with van der Waals surface area (Å²) in [4.78, 5) is 25.0. The molecule has 0 heterocycles. The molecule has 1 aromatic carbocycles. The Morgan fingerprint density at radius 3 is 2.50 bits per heavy atom. The van der Waals surface area contributed by atoms with Crippen LogP contribution in [0.2, 0.25) is 0 Å². The van der Waals surface area contributed by atoms with Crippen LogP contribution in [-0.2, 0) is 4.79 Å². The second kappa shape index (κ2) is 6.35. The summed E-state index contributed by atoms with van der Waals surface area (Å²) in [6.45, 7) is 5.42. The molecule has 2 amide bonds. The van der Waals surface area contributed by atoms with Crippen LogP contribution in [0.4, 0.5) is 4.39 Å². The van der Waals surface area contributed by atoms with E-state index in [1.54, 1.807) is 0 Å². The van der Waals surface area contributed by atoms with Crippen molar-refractivity contribution in [1.82, 2.24) is 10.2 Å². The summed E-state index contributed by atoms with van der Waals surface area (Å²) >= 11 is 3.19. The van der Waals surface area contributed by atoms with Crippen molar-refractivity contribution >= 4 is 27.7 Å². The van der Waals surface area contributed by atoms with Crippen LogP contribution in [-0.4, -0.2) is 35.8 Å². The summed E-state index contributed by atoms with van der Waals surface area (Å²) in [5.41, 5.74) is -0.437. The Hall–Kier alpha value is -1.43. The van der Waals surface area contributed by atoms with Crippen molar-refractivity contribution in [3.05, 3.63) is 34.1 Å². The van der Waals surface area contributed by atoms with E-state index in [4.69, 9.17) is 0 Å². The Morgan fingerprint density at radius 2 is 1.95 bits per heavy atom. The largest absolute Gasteiger partial charge is 0.350 e. The van der Waals surface area contributed by atoms with Gasteiger partial charge in [-0.3, -0.25) is 9.59 Å². The second-order valence-electron chi connectivity index (χ2n) is 5.58. The first-order chi connectivity index (χ1) is 9.10. The topological polar surface area (TPSA) is 49.4 Å². The van der Waals surface area contributed by atoms with Gasteiger partial charge in [0.15, 0.2) is 0 Å². The number of carbonyl (C=O) groups is 2. The van der Waals surface area contributed by atoms with Crippen LogP contribution in [0, 0.1) is 5.82 Å². The summed E-state index contributed by atoms with van der Waals surface area (Å²) in [5.74, 6) is -1.43. The highest BCUT2D eigenvalue weighted by molar-refractivity contribution is 9.10. The number of nitrogens with one attached hydrogen (secondary N) is 1. The van der Waals surface area contributed by atoms with Gasteiger partial charge in [0.05, 0.1) is 12.1 Å². The third-order valence-electron chi connectivity index (χ3n) is 2.40. The molecular weight excluding hydrogens is 327 g/mol. The first-order valence-electron chi connectivity index (χ1n) is 6.11. The molecule has 0 saturated carbocycles. The van der Waals surface area contributed by atoms with Gasteiger partial charge in [0.1, 0.15) is 5.82 Å². The maximum Gasteiger partial charge on any atom is 0.257 e. The van der Waals surface area contributed by atoms with Crippen molar-refractivity contribution in [3.8, 4) is 0 Å². The van der Waals surface area contributed by atoms with Crippen molar-refractivity contribution in [3.63, 3.8) is 0 Å². The summed E-state index contributed by atoms with van der Waals surface area (Å²) in [5, 5.41) is 2.75. The Kier molecular flexibility index (Phi) is 5.28. The number of carbonyl (C=O) groups excluding carboxylic acids is 2. The van der Waals surface area contributed by atoms with Crippen LogP contribution in [0.25, 0.3) is 0 Å². The molecule has 0 radical (unpaired) electrons. The molecule has 0 aliphatic carbocycles. The van der Waals surface area contributed by atoms with Gasteiger partial charge in [-0.15, -0.1) is 0 Å². The third kappa shape index (κ3) is 4.92. The minimum atomic E-state index is -0.610. The summed E-state index contributed by atoms with van der Waals surface area (Å²) < 4.78 is 14.2. The van der Waals surface area contributed by atoms with Gasteiger partial charge in [0.2, 0.25) is 5.91 Å². The molecule has 20 heavy (non-hydrogen) atoms. The highest BCUT2D eigenvalue weighted by Crippen LogP contribution is 2.16. The van der Waals surface area contributed by atoms with E-state index in [9.17, 15) is 14.0 Å². The molecule has 0 aliphatic heterocycles. The minimum absolute atomic E-state index is 0.0644. The zero-order valence-corrected chi connectivity index (χ0v) is 13.5. The van der Waals surface area contributed by atoms with Gasteiger partial charge in [-0.1, -0.05) is 15.9 Å². The zero-order valence-electron chi connectivity index (χ0n) is 12.0. The maximum atomic E-state index is 13.6. The Bertz CT molecular complexity index is 526. The van der Waals surface area contributed by atoms with Crippen molar-refractivity contribution in [2.75, 3.05) is 13.6 Å². The lowest BCUT2D eigenvalue weighted by molar-refractivity contribution is -0.122. The quantitative estimate of drug-likeness (QED) is 0.916. The molecule has 0 aromatic heterocycles. The number of nitrogens with zero attached hydrogens (tertiary/aromatic N) is 1. The molecule has 0 unspecified atom stereocenters. The van der Waals surface area contributed by atoms with Gasteiger partial charge < -0.3 is 10.2 Å². The molecule has 0 saturated heterocycles. The molecule has 1 aromatic rings. The van der Waals surface area contributed by atoms with Gasteiger partial charge in [0, 0.05) is 17.1 Å². The van der Waals surface area contributed by atoms with Crippen LogP contribution in [0.15, 0.2) is 22.7 Å². The Morgan fingerprint density at radius 1 is 1.35 bits per heavy atom. The lowest BCUT2D eigenvalue weighted by atomic mass is 10.1. The fraction of sp³-hybridized carbons (Fsp3) is 0.429. The van der Waals surface area contributed by atoms with Gasteiger partial charge in [-0.05, 0) is 39.0 Å². The fourth-order valence-corrected chi connectivity index (χ4v) is 1.97. The number of benzene rings is 1. The van der Waals surface area contributed by atoms with Gasteiger partial charge in [0.25, 0.3) is 5.91 Å². The van der Waals surface area contributed by atoms with Crippen LogP contribution >= 0.6 is 15.9 Å². The van der Waals surface area contributed by atoms with Crippen molar-refractivity contribution in [1.29, 1.82) is 0 Å². The molecule has 6 heteroatoms. The lowest BCUT2D eigenvalue weighted by Crippen LogP contribution is -2.46. The average molecular weight is 345 g/mol. The van der Waals surface area contributed by atoms with Crippen LogP contribution in [0.5, 0.6) is 0 Å². The zero-order chi connectivity index (χ0) is 15.5. The molecule has 1 N–H and O–H groups in total. The number of hydrogen-bond acceptors (Lipinski definition) is 2. The maximum absolute atomic E-state index is 13.6. The molecule has 0 bridgehead atoms. The summed E-state index contributed by atoms with van der Waals surface area (Å²) in [6, 6.07) is 4.12. The van der Waals surface area contributed by atoms with Gasteiger partial charge in [-0.2, -0.15) is 0 Å². The monoisotopic (exact) mass is 344 g/mol. The standard InChI is InChI=1S/C14H18BrFN2O2/c1-14(2,3)17-12(19)8-18(4)13(20)10-7-9(15)5-6-11(10)16/h5-7H,8H2,1-4H3,(H,17,19). The van der Waals surface area contributed by atoms with Gasteiger partial charge >= 0.3 is 0 Å². The van der Waals surface area contributed by atoms with E-state index in [-0.39, 0.29) is 23.6 Å². The summed E-state index contributed by atoms with van der Waals surface area (Å²) in [6.07, 6.45) is 0. The highest BCUT2D eigenvalue weighted by Gasteiger charge is 2.20. The number of hydrogen-bond donors (Lipinski definition) is 1. The second-order valence-corrected chi connectivity index (χ2v) is 6.50. The van der Waals surface area contributed by atoms with Crippen LogP contribution < -0.4 is 5.32 Å². The predicted octanol–water partition coefficient (Wildman–Crippen LogP) is 2.57. The van der Waals surface area contributed by atoms with E-state index in [0.29, 0.717) is 4.47 Å². The normalized spacial score (nSPS) is 11.1. The highest BCUT2D eigenvalue weighted by atomic mass is 79.9. The molecule has 110 valence electrons. The molecule has 0 fully saturated rings. The predicted molar refractivity (Wildman–Crippen MR) is 79.0 cm³/mol. The molecule has 0 aliphatic rings. The smallest absolute Gasteiger partial charge is 0.257 e. The molecule has 1 rings (SSSR count). The Balaban J connectivity index is 2.77. The SMILES string of the molecule is CN(CC(=O)NC(C)(C)C)C(=O)c1cc(Br)ccc1F. The molecule has 0 atom stereocenters. The molecule has 0 spiro atoms. The first-order valence-corrected chi connectivity index (χ1v) is 6.91. The number of amides is 2. The van der Waals surface area contributed by atoms with E-state index in [1.165, 1.54) is 30.1 Å².